The molecule has 2 N–H and O–H groups in total. The van der Waals surface area contributed by atoms with Crippen LogP contribution < -0.4 is 5.32 Å². The van der Waals surface area contributed by atoms with Crippen molar-refractivity contribution in [2.45, 2.75) is 45.1 Å². The third-order valence-electron chi connectivity index (χ3n) is 2.87. The number of thioether (sulfide) groups is 1. The first-order valence-electron chi connectivity index (χ1n) is 6.82. The Morgan fingerprint density at radius 2 is 1.89 bits per heavy atom. The Morgan fingerprint density at radius 1 is 1.28 bits per heavy atom. The predicted octanol–water partition coefficient (Wildman–Crippen LogP) is 2.08. The van der Waals surface area contributed by atoms with Crippen molar-refractivity contribution in [2.75, 3.05) is 31.1 Å². The second kappa shape index (κ2) is 7.89. The zero-order valence-electron chi connectivity index (χ0n) is 11.6. The van der Waals surface area contributed by atoms with E-state index in [2.05, 4.69) is 5.32 Å². The topological polar surface area (TPSA) is 52.6 Å². The van der Waals surface area contributed by atoms with Crippen molar-refractivity contribution < 1.29 is 9.90 Å². The Morgan fingerprint density at radius 3 is 2.44 bits per heavy atom. The highest BCUT2D eigenvalue weighted by atomic mass is 32.2. The first-order valence-corrected chi connectivity index (χ1v) is 7.97. The molecule has 4 nitrogen and oxygen atoms in total. The van der Waals surface area contributed by atoms with Crippen LogP contribution in [0.5, 0.6) is 0 Å². The molecule has 18 heavy (non-hydrogen) atoms. The van der Waals surface area contributed by atoms with Gasteiger partial charge in [-0.1, -0.05) is 12.8 Å². The molecule has 1 heterocycles. The monoisotopic (exact) mass is 274 g/mol. The van der Waals surface area contributed by atoms with Crippen molar-refractivity contribution in [1.82, 2.24) is 10.2 Å². The van der Waals surface area contributed by atoms with E-state index in [1.54, 1.807) is 25.6 Å². The normalized spacial score (nSPS) is 17.4. The van der Waals surface area contributed by atoms with Gasteiger partial charge < -0.3 is 15.3 Å². The minimum Gasteiger partial charge on any atom is -0.390 e. The summed E-state index contributed by atoms with van der Waals surface area (Å²) < 4.78 is 0. The largest absolute Gasteiger partial charge is 0.390 e. The van der Waals surface area contributed by atoms with Gasteiger partial charge in [-0.3, -0.25) is 0 Å². The van der Waals surface area contributed by atoms with E-state index in [1.165, 1.54) is 12.8 Å². The number of hydrogen-bond acceptors (Lipinski definition) is 3. The van der Waals surface area contributed by atoms with Crippen LogP contribution in [0.4, 0.5) is 4.79 Å². The van der Waals surface area contributed by atoms with Crippen LogP contribution in [0.3, 0.4) is 0 Å². The molecule has 106 valence electrons. The Hall–Kier alpha value is -0.420. The Labute approximate surface area is 115 Å². The quantitative estimate of drug-likeness (QED) is 0.755. The molecular formula is C13H26N2O2S. The van der Waals surface area contributed by atoms with Gasteiger partial charge in [-0.15, -0.1) is 0 Å². The third kappa shape index (κ3) is 7.11. The number of nitrogens with one attached hydrogen (secondary N) is 1. The smallest absolute Gasteiger partial charge is 0.317 e. The first-order chi connectivity index (χ1) is 8.49. The minimum atomic E-state index is -0.626. The highest BCUT2D eigenvalue weighted by molar-refractivity contribution is 7.99. The third-order valence-corrected chi connectivity index (χ3v) is 4.27. The van der Waals surface area contributed by atoms with Gasteiger partial charge in [-0.05, 0) is 26.7 Å². The second-order valence-electron chi connectivity index (χ2n) is 5.50. The molecule has 0 aromatic heterocycles. The lowest BCUT2D eigenvalue weighted by molar-refractivity contribution is 0.107. The van der Waals surface area contributed by atoms with E-state index in [1.807, 2.05) is 4.90 Å². The Bertz CT molecular complexity index is 246. The molecule has 0 saturated carbocycles. The number of nitrogens with zero attached hydrogens (tertiary/aromatic N) is 1. The number of aliphatic hydroxyl groups is 1. The molecule has 1 rings (SSSR count). The number of hydrogen-bond donors (Lipinski definition) is 2. The van der Waals surface area contributed by atoms with Crippen molar-refractivity contribution >= 4 is 17.8 Å². The van der Waals surface area contributed by atoms with Gasteiger partial charge in [0.05, 0.1) is 5.60 Å². The molecule has 1 aliphatic rings. The van der Waals surface area contributed by atoms with Gasteiger partial charge in [0.25, 0.3) is 0 Å². The molecule has 1 saturated heterocycles. The van der Waals surface area contributed by atoms with Crippen molar-refractivity contribution in [3.8, 4) is 0 Å². The van der Waals surface area contributed by atoms with Crippen LogP contribution in [0.15, 0.2) is 0 Å². The lowest BCUT2D eigenvalue weighted by atomic mass is 10.2. The standard InChI is InChI=1S/C13H26N2O2S/c1-13(2,17)11-18-10-7-14-12(16)15-8-5-3-4-6-9-15/h17H,3-11H2,1-2H3,(H,14,16). The van der Waals surface area contributed by atoms with E-state index in [0.717, 1.165) is 31.7 Å². The van der Waals surface area contributed by atoms with Gasteiger partial charge in [0.2, 0.25) is 0 Å². The molecule has 1 aliphatic heterocycles. The zero-order chi connectivity index (χ0) is 13.4. The van der Waals surface area contributed by atoms with Gasteiger partial charge in [0.15, 0.2) is 0 Å². The van der Waals surface area contributed by atoms with E-state index in [-0.39, 0.29) is 6.03 Å². The summed E-state index contributed by atoms with van der Waals surface area (Å²) in [5, 5.41) is 12.5. The summed E-state index contributed by atoms with van der Waals surface area (Å²) in [7, 11) is 0. The Balaban J connectivity index is 2.09. The summed E-state index contributed by atoms with van der Waals surface area (Å²) in [5.74, 6) is 1.55. The van der Waals surface area contributed by atoms with Crippen LogP contribution in [-0.4, -0.2) is 52.8 Å². The van der Waals surface area contributed by atoms with Crippen LogP contribution in [0.1, 0.15) is 39.5 Å². The van der Waals surface area contributed by atoms with Gasteiger partial charge in [0, 0.05) is 31.1 Å². The molecule has 2 amide bonds. The summed E-state index contributed by atoms with van der Waals surface area (Å²) in [6, 6.07) is 0.0701. The van der Waals surface area contributed by atoms with Gasteiger partial charge in [-0.25, -0.2) is 4.79 Å². The number of amides is 2. The predicted molar refractivity (Wildman–Crippen MR) is 77.1 cm³/mol. The van der Waals surface area contributed by atoms with E-state index < -0.39 is 5.60 Å². The molecule has 0 aromatic carbocycles. The molecule has 0 unspecified atom stereocenters. The molecule has 0 aliphatic carbocycles. The molecule has 0 bridgehead atoms. The van der Waals surface area contributed by atoms with Crippen molar-refractivity contribution in [1.29, 1.82) is 0 Å². The first kappa shape index (κ1) is 15.6. The zero-order valence-corrected chi connectivity index (χ0v) is 12.4. The fourth-order valence-corrected chi connectivity index (χ4v) is 2.83. The molecule has 5 heteroatoms. The average Bonchev–Trinajstić information content (AvgIpc) is 2.55. The molecular weight excluding hydrogens is 248 g/mol. The van der Waals surface area contributed by atoms with Gasteiger partial charge >= 0.3 is 6.03 Å². The summed E-state index contributed by atoms with van der Waals surface area (Å²) in [6.45, 7) is 6.06. The van der Waals surface area contributed by atoms with Crippen LogP contribution in [0.2, 0.25) is 0 Å². The summed E-state index contributed by atoms with van der Waals surface area (Å²) >= 11 is 1.67. The second-order valence-corrected chi connectivity index (χ2v) is 6.60. The number of likely N-dealkylation sites (tertiary alicyclic amines) is 1. The van der Waals surface area contributed by atoms with E-state index >= 15 is 0 Å². The average molecular weight is 274 g/mol. The van der Waals surface area contributed by atoms with E-state index in [0.29, 0.717) is 12.3 Å². The number of urea groups is 1. The summed E-state index contributed by atoms with van der Waals surface area (Å²) in [6.07, 6.45) is 4.73. The SMILES string of the molecule is CC(C)(O)CSCCNC(=O)N1CCCCCC1. The van der Waals surface area contributed by atoms with Crippen molar-refractivity contribution in [3.05, 3.63) is 0 Å². The number of carbonyl (C=O) groups is 1. The number of carbonyl (C=O) groups excluding carboxylic acids is 1. The number of rotatable bonds is 5. The maximum absolute atomic E-state index is 11.9. The summed E-state index contributed by atoms with van der Waals surface area (Å²) in [4.78, 5) is 13.8. The fraction of sp³-hybridized carbons (Fsp3) is 0.923. The van der Waals surface area contributed by atoms with Crippen molar-refractivity contribution in [3.63, 3.8) is 0 Å². The molecule has 0 atom stereocenters. The Kier molecular flexibility index (Phi) is 6.86. The highest BCUT2D eigenvalue weighted by Crippen LogP contribution is 2.11. The minimum absolute atomic E-state index is 0.0701. The van der Waals surface area contributed by atoms with Gasteiger partial charge in [-0.2, -0.15) is 11.8 Å². The lowest BCUT2D eigenvalue weighted by Crippen LogP contribution is -2.41. The van der Waals surface area contributed by atoms with Gasteiger partial charge in [0.1, 0.15) is 0 Å². The van der Waals surface area contributed by atoms with Crippen LogP contribution in [-0.2, 0) is 0 Å². The van der Waals surface area contributed by atoms with Crippen molar-refractivity contribution in [2.24, 2.45) is 0 Å². The van der Waals surface area contributed by atoms with E-state index in [4.69, 9.17) is 0 Å². The van der Waals surface area contributed by atoms with Crippen LogP contribution in [0.25, 0.3) is 0 Å². The molecule has 0 aromatic rings. The molecule has 1 fully saturated rings. The maximum atomic E-state index is 11.9. The fourth-order valence-electron chi connectivity index (χ4n) is 1.94. The van der Waals surface area contributed by atoms with E-state index in [9.17, 15) is 9.90 Å². The van der Waals surface area contributed by atoms with Crippen LogP contribution >= 0.6 is 11.8 Å². The molecule has 0 spiro atoms. The van der Waals surface area contributed by atoms with Crippen LogP contribution in [0, 0.1) is 0 Å². The lowest BCUT2D eigenvalue weighted by Gasteiger charge is -2.21. The highest BCUT2D eigenvalue weighted by Gasteiger charge is 2.15. The molecule has 0 radical (unpaired) electrons. The summed E-state index contributed by atoms with van der Waals surface area (Å²) in [5.41, 5.74) is -0.626. The maximum Gasteiger partial charge on any atom is 0.317 e.